The fraction of sp³-hybridized carbons (Fsp3) is 0.467. The highest BCUT2D eigenvalue weighted by molar-refractivity contribution is 5.79. The summed E-state index contributed by atoms with van der Waals surface area (Å²) in [6.07, 6.45) is -0.113. The lowest BCUT2D eigenvalue weighted by Crippen LogP contribution is -2.46. The van der Waals surface area contributed by atoms with Gasteiger partial charge >= 0.3 is 5.97 Å². The van der Waals surface area contributed by atoms with Crippen molar-refractivity contribution in [2.75, 3.05) is 19.7 Å². The second-order valence-electron chi connectivity index (χ2n) is 5.10. The van der Waals surface area contributed by atoms with Crippen molar-refractivity contribution in [1.29, 1.82) is 0 Å². The Morgan fingerprint density at radius 3 is 2.95 bits per heavy atom. The molecule has 20 heavy (non-hydrogen) atoms. The van der Waals surface area contributed by atoms with Gasteiger partial charge in [-0.2, -0.15) is 0 Å². The monoisotopic (exact) mass is 277 g/mol. The highest BCUT2D eigenvalue weighted by Gasteiger charge is 2.25. The Bertz CT molecular complexity index is 500. The number of benzene rings is 1. The van der Waals surface area contributed by atoms with Crippen LogP contribution in [0.4, 0.5) is 0 Å². The van der Waals surface area contributed by atoms with Crippen molar-refractivity contribution >= 4 is 11.9 Å². The van der Waals surface area contributed by atoms with E-state index < -0.39 is 12.1 Å². The number of carboxylic acid groups (broad SMARTS) is 1. The molecule has 1 N–H and O–H groups in total. The molecule has 1 aliphatic heterocycles. The van der Waals surface area contributed by atoms with E-state index in [4.69, 9.17) is 9.84 Å². The predicted octanol–water partition coefficient (Wildman–Crippen LogP) is 1.24. The number of aryl methyl sites for hydroxylation is 1. The molecule has 0 aromatic heterocycles. The summed E-state index contributed by atoms with van der Waals surface area (Å²) >= 11 is 0. The van der Waals surface area contributed by atoms with Gasteiger partial charge in [-0.25, -0.2) is 0 Å². The third kappa shape index (κ3) is 4.06. The quantitative estimate of drug-likeness (QED) is 0.899. The lowest BCUT2D eigenvalue weighted by molar-refractivity contribution is -0.147. The number of rotatable bonds is 4. The molecule has 2 rings (SSSR count). The molecule has 1 fully saturated rings. The van der Waals surface area contributed by atoms with Crippen molar-refractivity contribution in [3.8, 4) is 0 Å². The number of carbonyl (C=O) groups is 2. The van der Waals surface area contributed by atoms with Crippen LogP contribution in [0.5, 0.6) is 0 Å². The lowest BCUT2D eigenvalue weighted by Gasteiger charge is -2.32. The van der Waals surface area contributed by atoms with Crippen LogP contribution in [0.25, 0.3) is 0 Å². The maximum Gasteiger partial charge on any atom is 0.306 e. The number of hydrogen-bond donors (Lipinski definition) is 1. The molecule has 0 radical (unpaired) electrons. The topological polar surface area (TPSA) is 66.8 Å². The smallest absolute Gasteiger partial charge is 0.306 e. The van der Waals surface area contributed by atoms with E-state index >= 15 is 0 Å². The van der Waals surface area contributed by atoms with Gasteiger partial charge in [0.2, 0.25) is 5.91 Å². The number of nitrogens with zero attached hydrogens (tertiary/aromatic N) is 1. The van der Waals surface area contributed by atoms with Crippen LogP contribution in [-0.4, -0.2) is 47.7 Å². The van der Waals surface area contributed by atoms with Crippen LogP contribution in [0.15, 0.2) is 24.3 Å². The van der Waals surface area contributed by atoms with E-state index in [1.54, 1.807) is 4.90 Å². The van der Waals surface area contributed by atoms with Crippen LogP contribution in [0, 0.1) is 6.92 Å². The van der Waals surface area contributed by atoms with Gasteiger partial charge in [0.25, 0.3) is 0 Å². The summed E-state index contributed by atoms with van der Waals surface area (Å²) in [4.78, 5) is 24.6. The van der Waals surface area contributed by atoms with Crippen molar-refractivity contribution in [2.45, 2.75) is 25.9 Å². The fourth-order valence-electron chi connectivity index (χ4n) is 2.37. The molecule has 108 valence electrons. The normalized spacial score (nSPS) is 18.9. The molecule has 1 amide bonds. The maximum atomic E-state index is 12.2. The van der Waals surface area contributed by atoms with Gasteiger partial charge in [0, 0.05) is 13.1 Å². The molecule has 1 aromatic carbocycles. The van der Waals surface area contributed by atoms with E-state index in [1.165, 1.54) is 0 Å². The molecular weight excluding hydrogens is 258 g/mol. The molecule has 1 aliphatic rings. The summed E-state index contributed by atoms with van der Waals surface area (Å²) in [5, 5.41) is 8.77. The highest BCUT2D eigenvalue weighted by atomic mass is 16.5. The number of hydrogen-bond acceptors (Lipinski definition) is 3. The minimum absolute atomic E-state index is 0.0225. The second kappa shape index (κ2) is 6.52. The first-order valence-corrected chi connectivity index (χ1v) is 6.71. The Hall–Kier alpha value is -1.88. The molecule has 1 unspecified atom stereocenters. The highest BCUT2D eigenvalue weighted by Crippen LogP contribution is 2.12. The zero-order valence-electron chi connectivity index (χ0n) is 11.5. The van der Waals surface area contributed by atoms with E-state index in [2.05, 4.69) is 0 Å². The first-order chi connectivity index (χ1) is 9.54. The van der Waals surface area contributed by atoms with Gasteiger partial charge in [0.1, 0.15) is 0 Å². The fourth-order valence-corrected chi connectivity index (χ4v) is 2.37. The Morgan fingerprint density at radius 2 is 2.25 bits per heavy atom. The molecular formula is C15H19NO4. The molecule has 0 saturated carbocycles. The average molecular weight is 277 g/mol. The number of carbonyl (C=O) groups excluding carboxylic acids is 1. The summed E-state index contributed by atoms with van der Waals surface area (Å²) in [7, 11) is 0. The molecule has 1 heterocycles. The molecule has 0 bridgehead atoms. The third-order valence-electron chi connectivity index (χ3n) is 3.33. The van der Waals surface area contributed by atoms with Gasteiger partial charge in [-0.15, -0.1) is 0 Å². The summed E-state index contributed by atoms with van der Waals surface area (Å²) in [5.41, 5.74) is 2.11. The number of carboxylic acids is 1. The number of amides is 1. The van der Waals surface area contributed by atoms with Gasteiger partial charge < -0.3 is 14.7 Å². The van der Waals surface area contributed by atoms with E-state index in [0.717, 1.165) is 11.1 Å². The molecule has 0 aliphatic carbocycles. The molecule has 1 saturated heterocycles. The van der Waals surface area contributed by atoms with Crippen molar-refractivity contribution in [1.82, 2.24) is 4.90 Å². The molecule has 1 atom stereocenters. The predicted molar refractivity (Wildman–Crippen MR) is 73.5 cm³/mol. The molecule has 0 spiro atoms. The minimum Gasteiger partial charge on any atom is -0.481 e. The third-order valence-corrected chi connectivity index (χ3v) is 3.33. The van der Waals surface area contributed by atoms with Crippen molar-refractivity contribution in [3.05, 3.63) is 35.4 Å². The van der Waals surface area contributed by atoms with Gasteiger partial charge in [-0.3, -0.25) is 9.59 Å². The second-order valence-corrected chi connectivity index (χ2v) is 5.10. The summed E-state index contributed by atoms with van der Waals surface area (Å²) < 4.78 is 5.36. The Kier molecular flexibility index (Phi) is 4.74. The van der Waals surface area contributed by atoms with E-state index in [1.807, 2.05) is 31.2 Å². The summed E-state index contributed by atoms with van der Waals surface area (Å²) in [5.74, 6) is -0.878. The first-order valence-electron chi connectivity index (χ1n) is 6.71. The van der Waals surface area contributed by atoms with Crippen LogP contribution in [-0.2, 0) is 20.7 Å². The van der Waals surface area contributed by atoms with Crippen LogP contribution >= 0.6 is 0 Å². The van der Waals surface area contributed by atoms with Crippen molar-refractivity contribution in [3.63, 3.8) is 0 Å². The van der Waals surface area contributed by atoms with E-state index in [0.29, 0.717) is 26.1 Å². The number of ether oxygens (including phenoxy) is 1. The van der Waals surface area contributed by atoms with Crippen molar-refractivity contribution in [2.24, 2.45) is 0 Å². The molecule has 1 aromatic rings. The van der Waals surface area contributed by atoms with Gasteiger partial charge in [0.05, 0.1) is 25.6 Å². The first kappa shape index (κ1) is 14.5. The SMILES string of the molecule is Cc1cccc(CC(=O)N2CCOC(CC(=O)O)C2)c1. The van der Waals surface area contributed by atoms with E-state index in [9.17, 15) is 9.59 Å². The Morgan fingerprint density at radius 1 is 1.45 bits per heavy atom. The van der Waals surface area contributed by atoms with Gasteiger partial charge in [0.15, 0.2) is 0 Å². The lowest BCUT2D eigenvalue weighted by atomic mass is 10.1. The maximum absolute atomic E-state index is 12.2. The zero-order chi connectivity index (χ0) is 14.5. The van der Waals surface area contributed by atoms with Crippen LogP contribution in [0.3, 0.4) is 0 Å². The number of aliphatic carboxylic acids is 1. The van der Waals surface area contributed by atoms with E-state index in [-0.39, 0.29) is 12.3 Å². The summed E-state index contributed by atoms with van der Waals surface area (Å²) in [6.45, 7) is 3.28. The number of morpholine rings is 1. The largest absolute Gasteiger partial charge is 0.481 e. The van der Waals surface area contributed by atoms with Crippen molar-refractivity contribution < 1.29 is 19.4 Å². The Balaban J connectivity index is 1.93. The van der Waals surface area contributed by atoms with Gasteiger partial charge in [-0.1, -0.05) is 29.8 Å². The van der Waals surface area contributed by atoms with Crippen LogP contribution in [0.2, 0.25) is 0 Å². The molecule has 5 heteroatoms. The average Bonchev–Trinajstić information content (AvgIpc) is 2.38. The van der Waals surface area contributed by atoms with Crippen LogP contribution < -0.4 is 0 Å². The molecule has 5 nitrogen and oxygen atoms in total. The standard InChI is InChI=1S/C15H19NO4/c1-11-3-2-4-12(7-11)8-14(17)16-5-6-20-13(10-16)9-15(18)19/h2-4,7,13H,5-6,8-10H2,1H3,(H,18,19). The zero-order valence-corrected chi connectivity index (χ0v) is 11.5. The summed E-state index contributed by atoms with van der Waals surface area (Å²) in [6, 6.07) is 7.85. The van der Waals surface area contributed by atoms with Crippen LogP contribution in [0.1, 0.15) is 17.5 Å². The van der Waals surface area contributed by atoms with Gasteiger partial charge in [-0.05, 0) is 12.5 Å². The Labute approximate surface area is 118 Å². The minimum atomic E-state index is -0.900.